The van der Waals surface area contributed by atoms with Crippen molar-refractivity contribution in [3.8, 4) is 17.2 Å². The average Bonchev–Trinajstić information content (AvgIpc) is 3.12. The van der Waals surface area contributed by atoms with E-state index in [0.717, 1.165) is 5.56 Å². The Bertz CT molecular complexity index is 1100. The van der Waals surface area contributed by atoms with E-state index in [1.54, 1.807) is 12.1 Å². The van der Waals surface area contributed by atoms with Crippen molar-refractivity contribution < 1.29 is 13.8 Å². The van der Waals surface area contributed by atoms with Gasteiger partial charge in [0.25, 0.3) is 6.64 Å². The molecule has 0 aliphatic carbocycles. The molecule has 0 unspecified atom stereocenters. The van der Waals surface area contributed by atoms with Crippen molar-refractivity contribution in [2.45, 2.75) is 13.8 Å². The van der Waals surface area contributed by atoms with Crippen LogP contribution < -0.4 is 5.09 Å². The minimum atomic E-state index is -2.85. The maximum atomic E-state index is 13.3. The number of anilines is 1. The number of carbonyl (C=O) groups is 1. The highest BCUT2D eigenvalue weighted by Gasteiger charge is 2.28. The number of rotatable bonds is 9. The third-order valence-electron chi connectivity index (χ3n) is 4.16. The van der Waals surface area contributed by atoms with Crippen LogP contribution in [0.15, 0.2) is 60.7 Å². The molecule has 5 nitrogen and oxygen atoms in total. The normalized spacial score (nSPS) is 11.1. The number of nitriles is 1. The van der Waals surface area contributed by atoms with Gasteiger partial charge in [-0.25, -0.2) is 0 Å². The van der Waals surface area contributed by atoms with E-state index in [4.69, 9.17) is 20.9 Å². The Kier molecular flexibility index (Phi) is 7.54. The van der Waals surface area contributed by atoms with E-state index < -0.39 is 6.64 Å². The molecule has 1 aromatic heterocycles. The Labute approximate surface area is 185 Å². The van der Waals surface area contributed by atoms with Crippen LogP contribution in [-0.4, -0.2) is 19.0 Å². The summed E-state index contributed by atoms with van der Waals surface area (Å²) in [6.45, 7) is 1.57. The summed E-state index contributed by atoms with van der Waals surface area (Å²) in [7, 11) is 0. The van der Waals surface area contributed by atoms with Crippen LogP contribution in [0.3, 0.4) is 0 Å². The highest BCUT2D eigenvalue weighted by molar-refractivity contribution is 8.10. The number of benzene rings is 2. The van der Waals surface area contributed by atoms with Crippen molar-refractivity contribution in [1.29, 1.82) is 5.26 Å². The zero-order valence-corrected chi connectivity index (χ0v) is 19.2. The summed E-state index contributed by atoms with van der Waals surface area (Å²) in [5, 5.41) is 13.6. The molecule has 8 heteroatoms. The van der Waals surface area contributed by atoms with Crippen LogP contribution in [0.4, 0.5) is 5.00 Å². The summed E-state index contributed by atoms with van der Waals surface area (Å²) in [6, 6.07) is 20.7. The maximum absolute atomic E-state index is 13.3. The third-order valence-corrected chi connectivity index (χ3v) is 8.02. The molecule has 1 heterocycles. The van der Waals surface area contributed by atoms with E-state index in [0.29, 0.717) is 39.8 Å². The SMILES string of the molecule is CCOP(=S)(Nc1sc(C(=O)c2ccccc2)c(-c2ccccc2)c1C#N)OCC. The summed E-state index contributed by atoms with van der Waals surface area (Å²) in [5.41, 5.74) is 2.30. The maximum Gasteiger partial charge on any atom is 0.288 e. The summed E-state index contributed by atoms with van der Waals surface area (Å²) >= 11 is 6.79. The van der Waals surface area contributed by atoms with Crippen LogP contribution in [0.25, 0.3) is 11.1 Å². The van der Waals surface area contributed by atoms with E-state index in [9.17, 15) is 10.1 Å². The molecule has 0 aliphatic rings. The second kappa shape index (κ2) is 10.1. The van der Waals surface area contributed by atoms with E-state index in [1.807, 2.05) is 62.4 Å². The third kappa shape index (κ3) is 4.86. The Morgan fingerprint density at radius 2 is 1.63 bits per heavy atom. The predicted octanol–water partition coefficient (Wildman–Crippen LogP) is 6.23. The largest absolute Gasteiger partial charge is 0.314 e. The van der Waals surface area contributed by atoms with E-state index in [-0.39, 0.29) is 5.78 Å². The minimum absolute atomic E-state index is 0.148. The Hall–Kier alpha value is -2.33. The molecule has 0 saturated heterocycles. The fourth-order valence-corrected chi connectivity index (χ4v) is 6.80. The van der Waals surface area contributed by atoms with Crippen molar-refractivity contribution in [3.05, 3.63) is 76.7 Å². The van der Waals surface area contributed by atoms with Gasteiger partial charge in [0.2, 0.25) is 5.78 Å². The monoisotopic (exact) mass is 456 g/mol. The van der Waals surface area contributed by atoms with Crippen molar-refractivity contribution in [2.75, 3.05) is 18.3 Å². The molecule has 154 valence electrons. The molecule has 0 atom stereocenters. The number of nitrogens with zero attached hydrogens (tertiary/aromatic N) is 1. The van der Waals surface area contributed by atoms with Gasteiger partial charge in [-0.3, -0.25) is 4.79 Å². The van der Waals surface area contributed by atoms with Crippen molar-refractivity contribution in [3.63, 3.8) is 0 Å². The highest BCUT2D eigenvalue weighted by Crippen LogP contribution is 2.52. The molecule has 1 N–H and O–H groups in total. The van der Waals surface area contributed by atoms with Crippen LogP contribution in [0.2, 0.25) is 0 Å². The molecule has 30 heavy (non-hydrogen) atoms. The molecule has 0 amide bonds. The van der Waals surface area contributed by atoms with Gasteiger partial charge < -0.3 is 14.1 Å². The minimum Gasteiger partial charge on any atom is -0.314 e. The highest BCUT2D eigenvalue weighted by atomic mass is 32.5. The smallest absolute Gasteiger partial charge is 0.288 e. The lowest BCUT2D eigenvalue weighted by atomic mass is 9.98. The number of carbonyl (C=O) groups excluding carboxylic acids is 1. The number of hydrogen-bond acceptors (Lipinski definition) is 6. The lowest BCUT2D eigenvalue weighted by Gasteiger charge is -2.21. The van der Waals surface area contributed by atoms with Gasteiger partial charge in [-0.05, 0) is 31.2 Å². The fraction of sp³-hybridized carbons (Fsp3) is 0.182. The molecule has 0 radical (unpaired) electrons. The molecule has 2 aromatic carbocycles. The Morgan fingerprint density at radius 1 is 1.07 bits per heavy atom. The molecular weight excluding hydrogens is 435 g/mol. The zero-order valence-electron chi connectivity index (χ0n) is 16.6. The quantitative estimate of drug-likeness (QED) is 0.304. The van der Waals surface area contributed by atoms with Crippen molar-refractivity contribution in [1.82, 2.24) is 0 Å². The second-order valence-corrected chi connectivity index (χ2v) is 10.3. The van der Waals surface area contributed by atoms with Crippen LogP contribution in [0.1, 0.15) is 34.6 Å². The predicted molar refractivity (Wildman–Crippen MR) is 126 cm³/mol. The molecule has 3 rings (SSSR count). The summed E-state index contributed by atoms with van der Waals surface area (Å²) in [5.74, 6) is -0.148. The fourth-order valence-electron chi connectivity index (χ4n) is 2.94. The summed E-state index contributed by atoms with van der Waals surface area (Å²) in [6.07, 6.45) is 0. The summed E-state index contributed by atoms with van der Waals surface area (Å²) in [4.78, 5) is 13.8. The van der Waals surface area contributed by atoms with Gasteiger partial charge >= 0.3 is 0 Å². The van der Waals surface area contributed by atoms with Gasteiger partial charge in [0.05, 0.1) is 23.7 Å². The van der Waals surface area contributed by atoms with Gasteiger partial charge in [0.15, 0.2) is 0 Å². The molecular formula is C22H21N2O3PS2. The number of nitrogens with one attached hydrogen (secondary N) is 1. The zero-order chi connectivity index (χ0) is 21.6. The number of ketones is 1. The first-order chi connectivity index (χ1) is 14.5. The van der Waals surface area contributed by atoms with Crippen LogP contribution >= 0.6 is 18.0 Å². The van der Waals surface area contributed by atoms with Crippen LogP contribution in [0.5, 0.6) is 0 Å². The first-order valence-corrected chi connectivity index (χ1v) is 12.9. The first-order valence-electron chi connectivity index (χ1n) is 9.42. The lowest BCUT2D eigenvalue weighted by Crippen LogP contribution is -2.04. The molecule has 0 saturated carbocycles. The number of thiophene rings is 1. The van der Waals surface area contributed by atoms with Gasteiger partial charge in [-0.2, -0.15) is 5.26 Å². The topological polar surface area (TPSA) is 71.3 Å². The van der Waals surface area contributed by atoms with Crippen molar-refractivity contribution in [2.24, 2.45) is 0 Å². The molecule has 0 aliphatic heterocycles. The van der Waals surface area contributed by atoms with E-state index >= 15 is 0 Å². The van der Waals surface area contributed by atoms with Gasteiger partial charge in [-0.15, -0.1) is 11.3 Å². The van der Waals surface area contributed by atoms with E-state index in [1.165, 1.54) is 11.3 Å². The van der Waals surface area contributed by atoms with Gasteiger partial charge in [0.1, 0.15) is 11.1 Å². The standard InChI is InChI=1S/C22H21N2O3PS2/c1-3-26-28(29,27-4-2)24-22-18(15-23)19(16-11-7-5-8-12-16)21(30-22)20(25)17-13-9-6-10-14-17/h5-14H,3-4H2,1-2H3,(H,24,29). The Balaban J connectivity index is 2.18. The number of hydrogen-bond donors (Lipinski definition) is 1. The molecule has 3 aromatic rings. The van der Waals surface area contributed by atoms with Gasteiger partial charge in [0, 0.05) is 11.1 Å². The molecule has 0 fully saturated rings. The molecule has 0 spiro atoms. The first kappa shape index (κ1) is 22.4. The Morgan fingerprint density at radius 3 is 2.17 bits per heavy atom. The average molecular weight is 457 g/mol. The van der Waals surface area contributed by atoms with Crippen molar-refractivity contribution >= 4 is 40.6 Å². The van der Waals surface area contributed by atoms with Crippen LogP contribution in [0, 0.1) is 11.3 Å². The second-order valence-electron chi connectivity index (χ2n) is 6.13. The summed E-state index contributed by atoms with van der Waals surface area (Å²) < 4.78 is 11.4. The van der Waals surface area contributed by atoms with Crippen LogP contribution in [-0.2, 0) is 20.9 Å². The van der Waals surface area contributed by atoms with Gasteiger partial charge in [-0.1, -0.05) is 60.7 Å². The lowest BCUT2D eigenvalue weighted by molar-refractivity contribution is 0.104. The molecule has 0 bridgehead atoms. The van der Waals surface area contributed by atoms with E-state index in [2.05, 4.69) is 11.2 Å².